The predicted molar refractivity (Wildman–Crippen MR) is 136 cm³/mol. The van der Waals surface area contributed by atoms with E-state index < -0.39 is 5.97 Å². The molecule has 1 aliphatic heterocycles. The van der Waals surface area contributed by atoms with Gasteiger partial charge in [-0.15, -0.1) is 0 Å². The number of para-hydroxylation sites is 2. The molecule has 9 heteroatoms. The number of fused-ring (bicyclic) bond motifs is 1. The number of aromatic amines is 1. The molecule has 1 saturated heterocycles. The summed E-state index contributed by atoms with van der Waals surface area (Å²) >= 11 is 0. The minimum Gasteiger partial charge on any atom is -0.497 e. The van der Waals surface area contributed by atoms with Gasteiger partial charge in [0.15, 0.2) is 0 Å². The van der Waals surface area contributed by atoms with Crippen LogP contribution < -0.4 is 19.7 Å². The Balaban J connectivity index is 1.50. The zero-order valence-electron chi connectivity index (χ0n) is 20.6. The van der Waals surface area contributed by atoms with Crippen molar-refractivity contribution in [2.24, 2.45) is 0 Å². The summed E-state index contributed by atoms with van der Waals surface area (Å²) in [5, 5.41) is 3.67. The summed E-state index contributed by atoms with van der Waals surface area (Å²) in [5.41, 5.74) is 2.39. The number of anilines is 2. The summed E-state index contributed by atoms with van der Waals surface area (Å²) in [6.45, 7) is 6.85. The number of aromatic nitrogens is 1. The molecule has 9 nitrogen and oxygen atoms in total. The Hall–Kier alpha value is -3.72. The van der Waals surface area contributed by atoms with Crippen LogP contribution in [0.1, 0.15) is 24.3 Å². The van der Waals surface area contributed by atoms with E-state index in [0.717, 1.165) is 37.6 Å². The number of amides is 1. The number of carbonyl (C=O) groups is 2. The van der Waals surface area contributed by atoms with Crippen molar-refractivity contribution in [1.29, 1.82) is 0 Å². The highest BCUT2D eigenvalue weighted by Gasteiger charge is 2.29. The number of piperazine rings is 1. The Bertz CT molecular complexity index is 1200. The van der Waals surface area contributed by atoms with Crippen LogP contribution >= 0.6 is 0 Å². The van der Waals surface area contributed by atoms with Gasteiger partial charge in [0.25, 0.3) is 0 Å². The standard InChI is InChI=1S/C26H32N4O5/c1-5-35-26(32)24-23(19-16-18(33-3)10-11-20(19)27-24)28-25(31)17(2)29-12-14-30(15-13-29)21-8-6-7-9-22(21)34-4/h6-11,16-17,27H,5,12-15H2,1-4H3,(H,28,31). The molecule has 0 saturated carbocycles. The van der Waals surface area contributed by atoms with Crippen molar-refractivity contribution in [1.82, 2.24) is 9.88 Å². The van der Waals surface area contributed by atoms with E-state index in [9.17, 15) is 9.59 Å². The molecule has 2 aromatic carbocycles. The van der Waals surface area contributed by atoms with Crippen LogP contribution in [0.15, 0.2) is 42.5 Å². The zero-order valence-corrected chi connectivity index (χ0v) is 20.6. The van der Waals surface area contributed by atoms with Crippen molar-refractivity contribution < 1.29 is 23.8 Å². The van der Waals surface area contributed by atoms with Crippen molar-refractivity contribution >= 4 is 34.2 Å². The number of hydrogen-bond acceptors (Lipinski definition) is 7. The highest BCUT2D eigenvalue weighted by molar-refractivity contribution is 6.12. The highest BCUT2D eigenvalue weighted by atomic mass is 16.5. The number of esters is 1. The SMILES string of the molecule is CCOC(=O)c1[nH]c2ccc(OC)cc2c1NC(=O)C(C)N1CCN(c2ccccc2OC)CC1. The first-order valence-electron chi connectivity index (χ1n) is 11.8. The molecule has 1 unspecified atom stereocenters. The molecule has 1 aromatic heterocycles. The molecule has 186 valence electrons. The Morgan fingerprint density at radius 1 is 1.06 bits per heavy atom. The van der Waals surface area contributed by atoms with Crippen LogP contribution in [-0.2, 0) is 9.53 Å². The average Bonchev–Trinajstić information content (AvgIpc) is 3.25. The fourth-order valence-corrected chi connectivity index (χ4v) is 4.42. The van der Waals surface area contributed by atoms with Crippen LogP contribution in [0.25, 0.3) is 10.9 Å². The molecule has 0 radical (unpaired) electrons. The third kappa shape index (κ3) is 5.05. The van der Waals surface area contributed by atoms with Gasteiger partial charge in [0.05, 0.1) is 38.2 Å². The Morgan fingerprint density at radius 2 is 1.80 bits per heavy atom. The summed E-state index contributed by atoms with van der Waals surface area (Å²) < 4.78 is 16.0. The van der Waals surface area contributed by atoms with E-state index in [1.165, 1.54) is 0 Å². The lowest BCUT2D eigenvalue weighted by atomic mass is 10.1. The Kier molecular flexibility index (Phi) is 7.45. The van der Waals surface area contributed by atoms with Gasteiger partial charge in [-0.25, -0.2) is 4.79 Å². The third-order valence-electron chi connectivity index (χ3n) is 6.40. The van der Waals surface area contributed by atoms with Gasteiger partial charge in [0.1, 0.15) is 17.2 Å². The number of carbonyl (C=O) groups excluding carboxylic acids is 2. The molecule has 4 rings (SSSR count). The van der Waals surface area contributed by atoms with E-state index in [2.05, 4.69) is 20.1 Å². The largest absolute Gasteiger partial charge is 0.497 e. The normalized spacial score (nSPS) is 15.0. The molecular formula is C26H32N4O5. The van der Waals surface area contributed by atoms with E-state index in [4.69, 9.17) is 14.2 Å². The fourth-order valence-electron chi connectivity index (χ4n) is 4.42. The molecule has 1 amide bonds. The smallest absolute Gasteiger partial charge is 0.356 e. The van der Waals surface area contributed by atoms with E-state index in [0.29, 0.717) is 22.3 Å². The van der Waals surface area contributed by atoms with Crippen molar-refractivity contribution in [3.05, 3.63) is 48.2 Å². The molecule has 2 heterocycles. The monoisotopic (exact) mass is 480 g/mol. The quantitative estimate of drug-likeness (QED) is 0.476. The summed E-state index contributed by atoms with van der Waals surface area (Å²) in [5.74, 6) is 0.761. The van der Waals surface area contributed by atoms with Crippen LogP contribution in [-0.4, -0.2) is 74.8 Å². The van der Waals surface area contributed by atoms with E-state index in [1.807, 2.05) is 37.3 Å². The second kappa shape index (κ2) is 10.7. The number of nitrogens with one attached hydrogen (secondary N) is 2. The van der Waals surface area contributed by atoms with Crippen LogP contribution in [0.4, 0.5) is 11.4 Å². The number of hydrogen-bond donors (Lipinski definition) is 2. The Morgan fingerprint density at radius 3 is 2.49 bits per heavy atom. The molecule has 1 fully saturated rings. The molecule has 0 spiro atoms. The molecule has 0 aliphatic carbocycles. The Labute approximate surface area is 204 Å². The summed E-state index contributed by atoms with van der Waals surface area (Å²) in [7, 11) is 3.25. The maximum absolute atomic E-state index is 13.3. The second-order valence-electron chi connectivity index (χ2n) is 8.37. The van der Waals surface area contributed by atoms with Crippen LogP contribution in [0.3, 0.4) is 0 Å². The van der Waals surface area contributed by atoms with Crippen LogP contribution in [0.5, 0.6) is 11.5 Å². The molecule has 2 N–H and O–H groups in total. The molecular weight excluding hydrogens is 448 g/mol. The van der Waals surface area contributed by atoms with Gasteiger partial charge in [-0.1, -0.05) is 12.1 Å². The minimum absolute atomic E-state index is 0.190. The first-order valence-corrected chi connectivity index (χ1v) is 11.8. The van der Waals surface area contributed by atoms with Gasteiger partial charge in [0.2, 0.25) is 5.91 Å². The first kappa shape index (κ1) is 24.4. The van der Waals surface area contributed by atoms with Crippen molar-refractivity contribution in [3.8, 4) is 11.5 Å². The number of methoxy groups -OCH3 is 2. The maximum atomic E-state index is 13.3. The average molecular weight is 481 g/mol. The zero-order chi connectivity index (χ0) is 24.9. The van der Waals surface area contributed by atoms with Crippen molar-refractivity contribution in [3.63, 3.8) is 0 Å². The number of rotatable bonds is 8. The van der Waals surface area contributed by atoms with Crippen LogP contribution in [0, 0.1) is 0 Å². The summed E-state index contributed by atoms with van der Waals surface area (Å²) in [6, 6.07) is 13.0. The highest BCUT2D eigenvalue weighted by Crippen LogP contribution is 2.32. The van der Waals surface area contributed by atoms with Gasteiger partial charge < -0.3 is 29.4 Å². The lowest BCUT2D eigenvalue weighted by Crippen LogP contribution is -2.53. The number of ether oxygens (including phenoxy) is 3. The van der Waals surface area contributed by atoms with E-state index >= 15 is 0 Å². The minimum atomic E-state index is -0.518. The summed E-state index contributed by atoms with van der Waals surface area (Å²) in [4.78, 5) is 33.4. The first-order chi connectivity index (χ1) is 17.0. The van der Waals surface area contributed by atoms with Gasteiger partial charge in [0, 0.05) is 37.1 Å². The molecule has 1 atom stereocenters. The third-order valence-corrected chi connectivity index (χ3v) is 6.40. The molecule has 0 bridgehead atoms. The van der Waals surface area contributed by atoms with Gasteiger partial charge in [-0.05, 0) is 44.2 Å². The number of nitrogens with zero attached hydrogens (tertiary/aromatic N) is 2. The lowest BCUT2D eigenvalue weighted by molar-refractivity contribution is -0.120. The van der Waals surface area contributed by atoms with Crippen molar-refractivity contribution in [2.45, 2.75) is 19.9 Å². The lowest BCUT2D eigenvalue weighted by Gasteiger charge is -2.38. The molecule has 1 aliphatic rings. The summed E-state index contributed by atoms with van der Waals surface area (Å²) in [6.07, 6.45) is 0. The molecule has 35 heavy (non-hydrogen) atoms. The van der Waals surface area contributed by atoms with Gasteiger partial charge >= 0.3 is 5.97 Å². The number of H-pyrrole nitrogens is 1. The molecule has 3 aromatic rings. The topological polar surface area (TPSA) is 96.1 Å². The van der Waals surface area contributed by atoms with Crippen molar-refractivity contribution in [2.75, 3.05) is 57.2 Å². The number of benzene rings is 2. The van der Waals surface area contributed by atoms with E-state index in [-0.39, 0.29) is 24.2 Å². The van der Waals surface area contributed by atoms with E-state index in [1.54, 1.807) is 33.3 Å². The predicted octanol–water partition coefficient (Wildman–Crippen LogP) is 3.51. The van der Waals surface area contributed by atoms with Gasteiger partial charge in [-0.3, -0.25) is 9.69 Å². The van der Waals surface area contributed by atoms with Gasteiger partial charge in [-0.2, -0.15) is 0 Å². The maximum Gasteiger partial charge on any atom is 0.356 e. The second-order valence-corrected chi connectivity index (χ2v) is 8.37. The fraction of sp³-hybridized carbons (Fsp3) is 0.385. The van der Waals surface area contributed by atoms with Crippen LogP contribution in [0.2, 0.25) is 0 Å².